The van der Waals surface area contributed by atoms with Crippen molar-refractivity contribution in [3.8, 4) is 12.3 Å². The van der Waals surface area contributed by atoms with Gasteiger partial charge < -0.3 is 5.73 Å². The molecule has 0 amide bonds. The van der Waals surface area contributed by atoms with Gasteiger partial charge in [0.2, 0.25) is 10.0 Å². The van der Waals surface area contributed by atoms with Gasteiger partial charge in [-0.25, -0.2) is 13.1 Å². The van der Waals surface area contributed by atoms with E-state index in [0.29, 0.717) is 25.1 Å². The van der Waals surface area contributed by atoms with E-state index in [1.165, 1.54) is 18.2 Å². The summed E-state index contributed by atoms with van der Waals surface area (Å²) in [6.07, 6.45) is 6.20. The first kappa shape index (κ1) is 13.8. The summed E-state index contributed by atoms with van der Waals surface area (Å²) in [6, 6.07) is 4.18. The zero-order valence-corrected chi connectivity index (χ0v) is 10.7. The second kappa shape index (κ2) is 5.92. The summed E-state index contributed by atoms with van der Waals surface area (Å²) in [5.41, 5.74) is 5.85. The number of benzene rings is 1. The van der Waals surface area contributed by atoms with Gasteiger partial charge in [0.05, 0.1) is 15.6 Å². The molecule has 0 aliphatic rings. The Bertz CT molecular complexity index is 535. The number of halogens is 1. The Hall–Kier alpha value is -1.22. The lowest BCUT2D eigenvalue weighted by Crippen LogP contribution is -2.24. The number of anilines is 1. The zero-order valence-electron chi connectivity index (χ0n) is 9.11. The second-order valence-corrected chi connectivity index (χ2v) is 5.56. The van der Waals surface area contributed by atoms with Crippen LogP contribution in [-0.4, -0.2) is 15.0 Å². The molecule has 0 aliphatic carbocycles. The first-order valence-electron chi connectivity index (χ1n) is 4.95. The summed E-state index contributed by atoms with van der Waals surface area (Å²) in [5.74, 6) is 2.44. The van der Waals surface area contributed by atoms with Crippen LogP contribution in [-0.2, 0) is 10.0 Å². The molecule has 92 valence electrons. The van der Waals surface area contributed by atoms with Crippen LogP contribution < -0.4 is 10.5 Å². The lowest BCUT2D eigenvalue weighted by Gasteiger charge is -2.07. The minimum atomic E-state index is -3.54. The van der Waals surface area contributed by atoms with Gasteiger partial charge in [-0.2, -0.15) is 0 Å². The predicted molar refractivity (Wildman–Crippen MR) is 69.1 cm³/mol. The minimum absolute atomic E-state index is 0.0948. The van der Waals surface area contributed by atoms with Gasteiger partial charge in [-0.3, -0.25) is 0 Å². The van der Waals surface area contributed by atoms with Crippen LogP contribution in [0.15, 0.2) is 23.1 Å². The third-order valence-corrected chi connectivity index (χ3v) is 3.86. The van der Waals surface area contributed by atoms with Crippen LogP contribution in [0.25, 0.3) is 0 Å². The van der Waals surface area contributed by atoms with Crippen LogP contribution in [0.4, 0.5) is 5.69 Å². The largest absolute Gasteiger partial charge is 0.398 e. The lowest BCUT2D eigenvalue weighted by molar-refractivity contribution is 0.579. The topological polar surface area (TPSA) is 72.2 Å². The Kier molecular flexibility index (Phi) is 4.82. The maximum Gasteiger partial charge on any atom is 0.240 e. The molecular weight excluding hydrogens is 260 g/mol. The molecular formula is C11H13ClN2O2S. The number of terminal acetylenes is 1. The summed E-state index contributed by atoms with van der Waals surface area (Å²) < 4.78 is 26.0. The Morgan fingerprint density at radius 1 is 1.47 bits per heavy atom. The van der Waals surface area contributed by atoms with Crippen molar-refractivity contribution in [1.29, 1.82) is 0 Å². The smallest absolute Gasteiger partial charge is 0.240 e. The lowest BCUT2D eigenvalue weighted by atomic mass is 10.3. The van der Waals surface area contributed by atoms with Gasteiger partial charge in [0.15, 0.2) is 0 Å². The monoisotopic (exact) mass is 272 g/mol. The average molecular weight is 273 g/mol. The minimum Gasteiger partial charge on any atom is -0.398 e. The van der Waals surface area contributed by atoms with Gasteiger partial charge >= 0.3 is 0 Å². The Morgan fingerprint density at radius 2 is 2.18 bits per heavy atom. The first-order chi connectivity index (χ1) is 7.97. The molecule has 0 aromatic heterocycles. The molecule has 0 unspecified atom stereocenters. The van der Waals surface area contributed by atoms with Crippen LogP contribution in [0.3, 0.4) is 0 Å². The molecule has 0 saturated carbocycles. The molecule has 0 aliphatic heterocycles. The molecule has 4 nitrogen and oxygen atoms in total. The molecule has 0 fully saturated rings. The Balaban J connectivity index is 2.76. The van der Waals surface area contributed by atoms with Crippen molar-refractivity contribution in [2.75, 3.05) is 12.3 Å². The normalized spacial score (nSPS) is 11.1. The maximum atomic E-state index is 11.8. The molecule has 0 bridgehead atoms. The summed E-state index contributed by atoms with van der Waals surface area (Å²) in [6.45, 7) is 0.300. The number of nitrogens with one attached hydrogen (secondary N) is 1. The standard InChI is InChI=1S/C11H13ClN2O2S/c1-2-3-4-7-14-17(15,16)9-5-6-11(13)10(12)8-9/h1,5-6,8,14H,3-4,7,13H2. The highest BCUT2D eigenvalue weighted by Gasteiger charge is 2.14. The number of hydrogen-bond acceptors (Lipinski definition) is 3. The average Bonchev–Trinajstić information content (AvgIpc) is 2.28. The van der Waals surface area contributed by atoms with E-state index in [9.17, 15) is 8.42 Å². The summed E-state index contributed by atoms with van der Waals surface area (Å²) >= 11 is 5.76. The summed E-state index contributed by atoms with van der Waals surface area (Å²) in [5, 5.41) is 0.219. The Labute approximate surface area is 106 Å². The van der Waals surface area contributed by atoms with Gasteiger partial charge in [0.1, 0.15) is 0 Å². The van der Waals surface area contributed by atoms with Crippen LogP contribution in [0.5, 0.6) is 0 Å². The summed E-state index contributed by atoms with van der Waals surface area (Å²) in [7, 11) is -3.54. The van der Waals surface area contributed by atoms with Crippen LogP contribution in [0.1, 0.15) is 12.8 Å². The van der Waals surface area contributed by atoms with Crippen molar-refractivity contribution in [2.24, 2.45) is 0 Å². The van der Waals surface area contributed by atoms with Gasteiger partial charge in [0.25, 0.3) is 0 Å². The van der Waals surface area contributed by atoms with Crippen molar-refractivity contribution < 1.29 is 8.42 Å². The molecule has 3 N–H and O–H groups in total. The van der Waals surface area contributed by atoms with E-state index in [2.05, 4.69) is 10.6 Å². The predicted octanol–water partition coefficient (Wildman–Crippen LogP) is 1.61. The van der Waals surface area contributed by atoms with E-state index in [1.54, 1.807) is 0 Å². The van der Waals surface area contributed by atoms with Gasteiger partial charge in [-0.1, -0.05) is 11.6 Å². The maximum absolute atomic E-state index is 11.8. The summed E-state index contributed by atoms with van der Waals surface area (Å²) in [4.78, 5) is 0.0948. The Morgan fingerprint density at radius 3 is 2.76 bits per heavy atom. The number of unbranched alkanes of at least 4 members (excludes halogenated alkanes) is 1. The van der Waals surface area contributed by atoms with E-state index in [-0.39, 0.29) is 9.92 Å². The molecule has 0 heterocycles. The number of sulfonamides is 1. The number of nitrogens with two attached hydrogens (primary N) is 1. The van der Waals surface area contributed by atoms with Crippen molar-refractivity contribution in [3.05, 3.63) is 23.2 Å². The van der Waals surface area contributed by atoms with Gasteiger partial charge in [-0.05, 0) is 24.6 Å². The SMILES string of the molecule is C#CCCCNS(=O)(=O)c1ccc(N)c(Cl)c1. The quantitative estimate of drug-likeness (QED) is 0.486. The molecule has 1 rings (SSSR count). The molecule has 1 aromatic carbocycles. The van der Waals surface area contributed by atoms with Crippen LogP contribution >= 0.6 is 11.6 Å². The number of nitrogen functional groups attached to an aromatic ring is 1. The van der Waals surface area contributed by atoms with Crippen molar-refractivity contribution in [3.63, 3.8) is 0 Å². The number of hydrogen-bond donors (Lipinski definition) is 2. The molecule has 1 aromatic rings. The fourth-order valence-corrected chi connectivity index (χ4v) is 2.50. The molecule has 6 heteroatoms. The third-order valence-electron chi connectivity index (χ3n) is 2.07. The van der Waals surface area contributed by atoms with Crippen molar-refractivity contribution in [1.82, 2.24) is 4.72 Å². The highest BCUT2D eigenvalue weighted by molar-refractivity contribution is 7.89. The highest BCUT2D eigenvalue weighted by Crippen LogP contribution is 2.22. The van der Waals surface area contributed by atoms with Gasteiger partial charge in [0, 0.05) is 13.0 Å². The first-order valence-corrected chi connectivity index (χ1v) is 6.81. The second-order valence-electron chi connectivity index (χ2n) is 3.39. The van der Waals surface area contributed by atoms with Crippen molar-refractivity contribution >= 4 is 27.3 Å². The molecule has 17 heavy (non-hydrogen) atoms. The zero-order chi connectivity index (χ0) is 12.9. The van der Waals surface area contributed by atoms with E-state index in [4.69, 9.17) is 23.8 Å². The van der Waals surface area contributed by atoms with E-state index in [1.807, 2.05) is 0 Å². The van der Waals surface area contributed by atoms with Gasteiger partial charge in [-0.15, -0.1) is 12.3 Å². The fraction of sp³-hybridized carbons (Fsp3) is 0.273. The van der Waals surface area contributed by atoms with E-state index < -0.39 is 10.0 Å². The van der Waals surface area contributed by atoms with E-state index >= 15 is 0 Å². The van der Waals surface area contributed by atoms with Crippen LogP contribution in [0, 0.1) is 12.3 Å². The third kappa shape index (κ3) is 3.93. The molecule has 0 radical (unpaired) electrons. The van der Waals surface area contributed by atoms with Crippen LogP contribution in [0.2, 0.25) is 5.02 Å². The molecule has 0 spiro atoms. The van der Waals surface area contributed by atoms with Crippen molar-refractivity contribution in [2.45, 2.75) is 17.7 Å². The highest BCUT2D eigenvalue weighted by atomic mass is 35.5. The molecule has 0 saturated heterocycles. The number of rotatable bonds is 5. The molecule has 0 atom stereocenters. The fourth-order valence-electron chi connectivity index (χ4n) is 1.16. The van der Waals surface area contributed by atoms with E-state index in [0.717, 1.165) is 0 Å².